The van der Waals surface area contributed by atoms with Crippen LogP contribution in [0, 0.1) is 6.85 Å². The van der Waals surface area contributed by atoms with Gasteiger partial charge in [0.1, 0.15) is 11.3 Å². The predicted molar refractivity (Wildman–Crippen MR) is 187 cm³/mol. The Labute approximate surface area is 268 Å². The van der Waals surface area contributed by atoms with E-state index in [1.165, 1.54) is 0 Å². The molecule has 5 nitrogen and oxygen atoms in total. The predicted octanol–water partition coefficient (Wildman–Crippen LogP) is 10.9. The lowest BCUT2D eigenvalue weighted by atomic mass is 9.89. The smallest absolute Gasteiger partial charge is 0.265 e. The van der Waals surface area contributed by atoms with Crippen LogP contribution in [0.15, 0.2) is 138 Å². The van der Waals surface area contributed by atoms with E-state index in [1.54, 1.807) is 23.3 Å². The molecular formula is C41H25N3O2. The number of fused-ring (bicyclic) bond motifs is 13. The van der Waals surface area contributed by atoms with Crippen molar-refractivity contribution in [3.05, 3.63) is 139 Å². The number of rotatable bonds is 2. The second kappa shape index (κ2) is 9.40. The van der Waals surface area contributed by atoms with Crippen LogP contribution in [0.25, 0.3) is 76.8 Å². The van der Waals surface area contributed by atoms with Crippen molar-refractivity contribution in [1.29, 1.82) is 0 Å². The van der Waals surface area contributed by atoms with Crippen LogP contribution >= 0.6 is 0 Å². The van der Waals surface area contributed by atoms with Crippen molar-refractivity contribution in [1.82, 2.24) is 9.97 Å². The molecule has 0 N–H and O–H groups in total. The second-order valence-electron chi connectivity index (χ2n) is 11.6. The van der Waals surface area contributed by atoms with Crippen LogP contribution in [0.5, 0.6) is 5.75 Å². The third-order valence-corrected chi connectivity index (χ3v) is 9.00. The van der Waals surface area contributed by atoms with Gasteiger partial charge in [0.05, 0.1) is 11.2 Å². The lowest BCUT2D eigenvalue weighted by Crippen LogP contribution is -2.28. The summed E-state index contributed by atoms with van der Waals surface area (Å²) in [5.41, 5.74) is 5.87. The number of benzene rings is 7. The number of para-hydroxylation sites is 2. The summed E-state index contributed by atoms with van der Waals surface area (Å²) in [7, 11) is 0. The largest absolute Gasteiger partial charge is 0.454 e. The number of nitrogens with zero attached hydrogens (tertiary/aromatic N) is 3. The molecule has 3 heterocycles. The fourth-order valence-corrected chi connectivity index (χ4v) is 7.01. The minimum atomic E-state index is -2.35. The Morgan fingerprint density at radius 1 is 0.609 bits per heavy atom. The molecule has 0 saturated carbocycles. The van der Waals surface area contributed by atoms with Crippen molar-refractivity contribution in [3.8, 4) is 28.1 Å². The van der Waals surface area contributed by atoms with Gasteiger partial charge in [0.2, 0.25) is 0 Å². The summed E-state index contributed by atoms with van der Waals surface area (Å²) >= 11 is 0. The van der Waals surface area contributed by atoms with E-state index in [1.807, 2.05) is 66.7 Å². The van der Waals surface area contributed by atoms with Crippen LogP contribution in [0.1, 0.15) is 9.68 Å². The molecule has 0 spiro atoms. The molecule has 0 bridgehead atoms. The summed E-state index contributed by atoms with van der Waals surface area (Å²) in [5, 5.41) is 8.60. The molecule has 9 aromatic rings. The molecule has 7 aromatic carbocycles. The Balaban J connectivity index is 1.36. The summed E-state index contributed by atoms with van der Waals surface area (Å²) in [5.74, 6) is 0.902. The molecule has 0 radical (unpaired) electrons. The highest BCUT2D eigenvalue weighted by atomic mass is 16.7. The van der Waals surface area contributed by atoms with Gasteiger partial charge in [0.15, 0.2) is 11.3 Å². The lowest BCUT2D eigenvalue weighted by Gasteiger charge is -2.32. The van der Waals surface area contributed by atoms with Gasteiger partial charge in [0.25, 0.3) is 5.95 Å². The van der Waals surface area contributed by atoms with Crippen LogP contribution in [0.3, 0.4) is 0 Å². The van der Waals surface area contributed by atoms with Crippen molar-refractivity contribution < 1.29 is 13.4 Å². The van der Waals surface area contributed by atoms with Crippen molar-refractivity contribution in [3.63, 3.8) is 0 Å². The maximum absolute atomic E-state index is 8.33. The Hall–Kier alpha value is -6.20. The molecule has 0 aliphatic carbocycles. The van der Waals surface area contributed by atoms with Crippen LogP contribution in [0.2, 0.25) is 0 Å². The summed E-state index contributed by atoms with van der Waals surface area (Å²) < 4.78 is 31.7. The van der Waals surface area contributed by atoms with Crippen molar-refractivity contribution >= 4 is 66.0 Å². The third-order valence-electron chi connectivity index (χ3n) is 9.00. The monoisotopic (exact) mass is 594 g/mol. The van der Waals surface area contributed by atoms with E-state index in [0.29, 0.717) is 33.8 Å². The number of aryl methyl sites for hydroxylation is 1. The molecule has 0 amide bonds. The third kappa shape index (κ3) is 3.45. The van der Waals surface area contributed by atoms with Crippen molar-refractivity contribution in [2.45, 2.75) is 6.85 Å². The molecule has 2 aromatic heterocycles. The SMILES string of the molecule is [2H]C([2H])([2H])c1ccccc1-c1nc(N2Oc3ccc4ccccc4c3-c3c2c2oc4ccccc4c2c2ccccc32)nc2ccccc12. The van der Waals surface area contributed by atoms with Gasteiger partial charge in [-0.15, -0.1) is 5.06 Å². The van der Waals surface area contributed by atoms with Crippen LogP contribution in [0.4, 0.5) is 11.6 Å². The molecule has 46 heavy (non-hydrogen) atoms. The van der Waals surface area contributed by atoms with Gasteiger partial charge in [0, 0.05) is 37.0 Å². The average molecular weight is 595 g/mol. The fraction of sp³-hybridized carbons (Fsp3) is 0.0244. The maximum atomic E-state index is 8.33. The zero-order valence-electron chi connectivity index (χ0n) is 27.4. The molecule has 5 heteroatoms. The first-order valence-corrected chi connectivity index (χ1v) is 15.2. The van der Waals surface area contributed by atoms with E-state index in [4.69, 9.17) is 23.3 Å². The normalized spacial score (nSPS) is 13.8. The zero-order valence-corrected chi connectivity index (χ0v) is 24.4. The Kier molecular flexibility index (Phi) is 4.56. The number of hydrogen-bond donors (Lipinski definition) is 0. The molecule has 1 aliphatic rings. The first-order valence-electron chi connectivity index (χ1n) is 16.7. The highest BCUT2D eigenvalue weighted by Crippen LogP contribution is 2.55. The summed E-state index contributed by atoms with van der Waals surface area (Å²) in [6.07, 6.45) is 0. The fourth-order valence-electron chi connectivity index (χ4n) is 7.01. The highest BCUT2D eigenvalue weighted by Gasteiger charge is 2.35. The van der Waals surface area contributed by atoms with Gasteiger partial charge in [-0.05, 0) is 52.2 Å². The minimum Gasteiger partial charge on any atom is -0.454 e. The summed E-state index contributed by atoms with van der Waals surface area (Å²) in [6.45, 7) is -2.35. The maximum Gasteiger partial charge on any atom is 0.265 e. The second-order valence-corrected chi connectivity index (χ2v) is 11.6. The Bertz CT molecular complexity index is 2820. The van der Waals surface area contributed by atoms with E-state index in [9.17, 15) is 0 Å². The van der Waals surface area contributed by atoms with Gasteiger partial charge in [-0.3, -0.25) is 0 Å². The van der Waals surface area contributed by atoms with Gasteiger partial charge in [-0.1, -0.05) is 115 Å². The van der Waals surface area contributed by atoms with Gasteiger partial charge in [-0.2, -0.15) is 0 Å². The number of aromatic nitrogens is 2. The average Bonchev–Trinajstić information content (AvgIpc) is 3.53. The molecule has 216 valence electrons. The summed E-state index contributed by atoms with van der Waals surface area (Å²) in [6, 6.07) is 43.4. The molecule has 0 atom stereocenters. The number of hydrogen-bond acceptors (Lipinski definition) is 5. The minimum absolute atomic E-state index is 0.215. The zero-order chi connectivity index (χ0) is 32.9. The molecule has 0 saturated heterocycles. The van der Waals surface area contributed by atoms with E-state index >= 15 is 0 Å². The van der Waals surface area contributed by atoms with Gasteiger partial charge < -0.3 is 9.25 Å². The van der Waals surface area contributed by atoms with E-state index < -0.39 is 6.85 Å². The molecule has 0 fully saturated rings. The molecular weight excluding hydrogens is 566 g/mol. The molecule has 0 unspecified atom stereocenters. The van der Waals surface area contributed by atoms with Crippen molar-refractivity contribution in [2.24, 2.45) is 0 Å². The standard InChI is InChI=1S/C41H25N3O2/c1-24-12-2-4-14-26(24)38-30-18-8-10-20-32(30)42-41(43-38)44-39-37(36-27-15-5-3-13-25(27)22-23-34(36)46-44)29-17-7-6-16-28(29)35-31-19-9-11-21-33(31)45-40(35)39/h2-23H,1H3/i1D3. The van der Waals surface area contributed by atoms with Crippen LogP contribution in [-0.2, 0) is 0 Å². The first-order chi connectivity index (χ1) is 24.0. The summed E-state index contributed by atoms with van der Waals surface area (Å²) in [4.78, 5) is 17.1. The highest BCUT2D eigenvalue weighted by molar-refractivity contribution is 6.29. The Morgan fingerprint density at radius 2 is 1.33 bits per heavy atom. The van der Waals surface area contributed by atoms with Crippen LogP contribution in [-0.4, -0.2) is 9.97 Å². The number of furan rings is 1. The van der Waals surface area contributed by atoms with E-state index in [2.05, 4.69) is 48.5 Å². The lowest BCUT2D eigenvalue weighted by molar-refractivity contribution is 0.315. The quantitative estimate of drug-likeness (QED) is 0.199. The van der Waals surface area contributed by atoms with E-state index in [-0.39, 0.29) is 11.5 Å². The number of anilines is 2. The van der Waals surface area contributed by atoms with E-state index in [0.717, 1.165) is 54.4 Å². The molecule has 10 rings (SSSR count). The van der Waals surface area contributed by atoms with Gasteiger partial charge in [-0.25, -0.2) is 9.97 Å². The van der Waals surface area contributed by atoms with Crippen LogP contribution < -0.4 is 9.90 Å². The Morgan fingerprint density at radius 3 is 2.22 bits per heavy atom. The van der Waals surface area contributed by atoms with Gasteiger partial charge >= 0.3 is 0 Å². The first kappa shape index (κ1) is 22.3. The topological polar surface area (TPSA) is 51.4 Å². The molecule has 1 aliphatic heterocycles. The van der Waals surface area contributed by atoms with Crippen molar-refractivity contribution in [2.75, 3.05) is 5.06 Å².